The minimum absolute atomic E-state index is 0.0541. The third-order valence-corrected chi connectivity index (χ3v) is 4.25. The highest BCUT2D eigenvalue weighted by atomic mass is 16.5. The van der Waals surface area contributed by atoms with Gasteiger partial charge in [0.2, 0.25) is 5.91 Å². The molecule has 0 aromatic carbocycles. The quantitative estimate of drug-likeness (QED) is 0.847. The van der Waals surface area contributed by atoms with Crippen LogP contribution in [0.2, 0.25) is 0 Å². The molecule has 0 aliphatic carbocycles. The molecule has 2 aliphatic rings. The topological polar surface area (TPSA) is 41.6 Å². The van der Waals surface area contributed by atoms with Gasteiger partial charge in [-0.1, -0.05) is 12.8 Å². The molecular weight excluding hydrogens is 240 g/mol. The first kappa shape index (κ1) is 14.8. The van der Waals surface area contributed by atoms with E-state index in [1.165, 1.54) is 25.7 Å². The lowest BCUT2D eigenvalue weighted by atomic mass is 9.99. The highest BCUT2D eigenvalue weighted by Crippen LogP contribution is 2.19. The van der Waals surface area contributed by atoms with Gasteiger partial charge in [-0.05, 0) is 33.1 Å². The normalized spacial score (nSPS) is 30.1. The van der Waals surface area contributed by atoms with Gasteiger partial charge in [0, 0.05) is 37.7 Å². The molecule has 2 rings (SSSR count). The molecule has 4 heteroatoms. The van der Waals surface area contributed by atoms with Gasteiger partial charge < -0.3 is 15.0 Å². The molecular formula is C15H28N2O2. The molecule has 0 spiro atoms. The van der Waals surface area contributed by atoms with Crippen LogP contribution < -0.4 is 5.32 Å². The number of hydrogen-bond donors (Lipinski definition) is 1. The van der Waals surface area contributed by atoms with Crippen LogP contribution >= 0.6 is 0 Å². The Bertz CT molecular complexity index is 293. The Morgan fingerprint density at radius 2 is 2.00 bits per heavy atom. The number of nitrogens with one attached hydrogen (secondary N) is 1. The second kappa shape index (κ2) is 6.71. The lowest BCUT2D eigenvalue weighted by Gasteiger charge is -2.29. The Kier molecular flexibility index (Phi) is 5.22. The Labute approximate surface area is 116 Å². The van der Waals surface area contributed by atoms with Gasteiger partial charge in [-0.2, -0.15) is 0 Å². The zero-order valence-corrected chi connectivity index (χ0v) is 12.4. The summed E-state index contributed by atoms with van der Waals surface area (Å²) in [6.07, 6.45) is 6.52. The first-order chi connectivity index (χ1) is 9.09. The largest absolute Gasteiger partial charge is 0.379 e. The number of carbonyl (C=O) groups is 1. The Balaban J connectivity index is 1.77. The van der Waals surface area contributed by atoms with Crippen molar-refractivity contribution in [2.45, 2.75) is 64.0 Å². The van der Waals surface area contributed by atoms with Crippen molar-refractivity contribution in [2.75, 3.05) is 26.3 Å². The predicted molar refractivity (Wildman–Crippen MR) is 76.1 cm³/mol. The summed E-state index contributed by atoms with van der Waals surface area (Å²) >= 11 is 0. The molecule has 4 nitrogen and oxygen atoms in total. The molecule has 2 aliphatic heterocycles. The molecule has 2 heterocycles. The number of nitrogens with zero attached hydrogens (tertiary/aromatic N) is 1. The zero-order valence-electron chi connectivity index (χ0n) is 12.4. The summed E-state index contributed by atoms with van der Waals surface area (Å²) in [5, 5.41) is 3.57. The first-order valence-corrected chi connectivity index (χ1v) is 7.72. The van der Waals surface area contributed by atoms with E-state index in [1.807, 2.05) is 0 Å². The minimum Gasteiger partial charge on any atom is -0.379 e. The van der Waals surface area contributed by atoms with Gasteiger partial charge in [0.1, 0.15) is 0 Å². The molecule has 0 bridgehead atoms. The lowest BCUT2D eigenvalue weighted by molar-refractivity contribution is -0.131. The first-order valence-electron chi connectivity index (χ1n) is 7.72. The summed E-state index contributed by atoms with van der Waals surface area (Å²) < 4.78 is 5.44. The van der Waals surface area contributed by atoms with Crippen LogP contribution in [0.5, 0.6) is 0 Å². The van der Waals surface area contributed by atoms with Crippen molar-refractivity contribution < 1.29 is 9.53 Å². The zero-order chi connectivity index (χ0) is 13.7. The summed E-state index contributed by atoms with van der Waals surface area (Å²) in [6, 6.07) is 0.224. The van der Waals surface area contributed by atoms with Crippen molar-refractivity contribution in [3.05, 3.63) is 0 Å². The van der Waals surface area contributed by atoms with Gasteiger partial charge in [-0.25, -0.2) is 0 Å². The fraction of sp³-hybridized carbons (Fsp3) is 0.933. The third kappa shape index (κ3) is 4.46. The third-order valence-electron chi connectivity index (χ3n) is 4.25. The molecule has 1 N–H and O–H groups in total. The number of carbonyl (C=O) groups excluding carboxylic acids is 1. The molecule has 19 heavy (non-hydrogen) atoms. The van der Waals surface area contributed by atoms with Crippen molar-refractivity contribution in [2.24, 2.45) is 0 Å². The average molecular weight is 268 g/mol. The van der Waals surface area contributed by atoms with Crippen LogP contribution in [0.15, 0.2) is 0 Å². The molecule has 0 radical (unpaired) electrons. The summed E-state index contributed by atoms with van der Waals surface area (Å²) in [4.78, 5) is 14.3. The summed E-state index contributed by atoms with van der Waals surface area (Å²) in [5.74, 6) is 0.310. The van der Waals surface area contributed by atoms with E-state index in [1.54, 1.807) is 0 Å². The molecule has 0 aromatic heterocycles. The van der Waals surface area contributed by atoms with Crippen molar-refractivity contribution >= 4 is 5.91 Å². The van der Waals surface area contributed by atoms with Gasteiger partial charge in [0.25, 0.3) is 0 Å². The van der Waals surface area contributed by atoms with Crippen molar-refractivity contribution in [1.82, 2.24) is 10.2 Å². The fourth-order valence-electron chi connectivity index (χ4n) is 3.14. The molecule has 2 atom stereocenters. The van der Waals surface area contributed by atoms with Crippen LogP contribution in [0, 0.1) is 0 Å². The van der Waals surface area contributed by atoms with Crippen LogP contribution in [0.25, 0.3) is 0 Å². The fourth-order valence-corrected chi connectivity index (χ4v) is 3.14. The van der Waals surface area contributed by atoms with E-state index in [0.717, 1.165) is 32.7 Å². The maximum Gasteiger partial charge on any atom is 0.224 e. The van der Waals surface area contributed by atoms with Crippen LogP contribution in [-0.4, -0.2) is 48.7 Å². The standard InChI is InChI=1S/C15H28N2O2/c1-13(16-15(2)7-10-19-12-15)11-14(18)17-8-5-3-4-6-9-17/h13,16H,3-12H2,1-2H3/t13-,15+/m1/s1. The van der Waals surface area contributed by atoms with E-state index in [4.69, 9.17) is 4.74 Å². The van der Waals surface area contributed by atoms with E-state index < -0.39 is 0 Å². The summed E-state index contributed by atoms with van der Waals surface area (Å²) in [7, 11) is 0. The van der Waals surface area contributed by atoms with E-state index >= 15 is 0 Å². The molecule has 2 saturated heterocycles. The van der Waals surface area contributed by atoms with E-state index in [0.29, 0.717) is 12.3 Å². The Morgan fingerprint density at radius 1 is 1.32 bits per heavy atom. The van der Waals surface area contributed by atoms with E-state index in [2.05, 4.69) is 24.1 Å². The number of hydrogen-bond acceptors (Lipinski definition) is 3. The second-order valence-corrected chi connectivity index (χ2v) is 6.41. The highest BCUT2D eigenvalue weighted by Gasteiger charge is 2.31. The molecule has 0 unspecified atom stereocenters. The van der Waals surface area contributed by atoms with E-state index in [9.17, 15) is 4.79 Å². The maximum atomic E-state index is 12.3. The van der Waals surface area contributed by atoms with Crippen LogP contribution in [0.1, 0.15) is 52.4 Å². The maximum absolute atomic E-state index is 12.3. The Hall–Kier alpha value is -0.610. The van der Waals surface area contributed by atoms with Crippen LogP contribution in [0.4, 0.5) is 0 Å². The minimum atomic E-state index is 0.0541. The molecule has 110 valence electrons. The number of likely N-dealkylation sites (tertiary alicyclic amines) is 1. The average Bonchev–Trinajstić information content (AvgIpc) is 2.64. The number of amides is 1. The highest BCUT2D eigenvalue weighted by molar-refractivity contribution is 5.76. The number of ether oxygens (including phenoxy) is 1. The predicted octanol–water partition coefficient (Wildman–Crippen LogP) is 1.94. The summed E-state index contributed by atoms with van der Waals surface area (Å²) in [6.45, 7) is 7.79. The van der Waals surface area contributed by atoms with Gasteiger partial charge in [-0.3, -0.25) is 4.79 Å². The van der Waals surface area contributed by atoms with Crippen LogP contribution in [-0.2, 0) is 9.53 Å². The van der Waals surface area contributed by atoms with Gasteiger partial charge in [0.15, 0.2) is 0 Å². The van der Waals surface area contributed by atoms with Crippen molar-refractivity contribution in [3.8, 4) is 0 Å². The molecule has 1 amide bonds. The molecule has 2 fully saturated rings. The molecule has 0 saturated carbocycles. The number of rotatable bonds is 4. The van der Waals surface area contributed by atoms with Crippen molar-refractivity contribution in [3.63, 3.8) is 0 Å². The SMILES string of the molecule is C[C@H](CC(=O)N1CCCCCC1)N[C@@]1(C)CCOC1. The lowest BCUT2D eigenvalue weighted by Crippen LogP contribution is -2.49. The van der Waals surface area contributed by atoms with Gasteiger partial charge in [-0.15, -0.1) is 0 Å². The molecule has 0 aromatic rings. The second-order valence-electron chi connectivity index (χ2n) is 6.41. The summed E-state index contributed by atoms with van der Waals surface area (Å²) in [5.41, 5.74) is 0.0541. The van der Waals surface area contributed by atoms with E-state index in [-0.39, 0.29) is 11.6 Å². The Morgan fingerprint density at radius 3 is 2.58 bits per heavy atom. The smallest absolute Gasteiger partial charge is 0.224 e. The van der Waals surface area contributed by atoms with Gasteiger partial charge >= 0.3 is 0 Å². The van der Waals surface area contributed by atoms with Crippen molar-refractivity contribution in [1.29, 1.82) is 0 Å². The van der Waals surface area contributed by atoms with Gasteiger partial charge in [0.05, 0.1) is 6.61 Å². The monoisotopic (exact) mass is 268 g/mol. The van der Waals surface area contributed by atoms with Crippen LogP contribution in [0.3, 0.4) is 0 Å².